The molecule has 0 bridgehead atoms. The lowest BCUT2D eigenvalue weighted by atomic mass is 9.89. The highest BCUT2D eigenvalue weighted by Gasteiger charge is 2.42. The Kier molecular flexibility index (Phi) is 3.88. The summed E-state index contributed by atoms with van der Waals surface area (Å²) in [5.41, 5.74) is 0.795. The summed E-state index contributed by atoms with van der Waals surface area (Å²) in [6.45, 7) is 1.62. The number of amides is 1. The smallest absolute Gasteiger partial charge is 0.339 e. The number of hydrogen-bond acceptors (Lipinski definition) is 6. The number of aromatic nitrogens is 1. The minimum absolute atomic E-state index is 0.319. The van der Waals surface area contributed by atoms with Crippen LogP contribution < -0.4 is 10.1 Å². The summed E-state index contributed by atoms with van der Waals surface area (Å²) in [6.07, 6.45) is 0.319. The summed E-state index contributed by atoms with van der Waals surface area (Å²) in [5.74, 6) is -0.159. The third-order valence-corrected chi connectivity index (χ3v) is 5.31. The third kappa shape index (κ3) is 2.80. The zero-order chi connectivity index (χ0) is 18.3. The average molecular weight is 368 g/mol. The van der Waals surface area contributed by atoms with Gasteiger partial charge in [-0.05, 0) is 36.8 Å². The maximum absolute atomic E-state index is 12.8. The Morgan fingerprint density at radius 1 is 1.31 bits per heavy atom. The van der Waals surface area contributed by atoms with Crippen molar-refractivity contribution < 1.29 is 19.1 Å². The lowest BCUT2D eigenvalue weighted by molar-refractivity contribution is -0.134. The van der Waals surface area contributed by atoms with Crippen LogP contribution in [0.5, 0.6) is 5.75 Å². The van der Waals surface area contributed by atoms with E-state index in [4.69, 9.17) is 9.47 Å². The zero-order valence-electron chi connectivity index (χ0n) is 14.2. The molecule has 132 valence electrons. The molecular formula is C19H16N2O4S. The van der Waals surface area contributed by atoms with E-state index in [2.05, 4.69) is 10.3 Å². The molecule has 0 radical (unpaired) electrons. The molecule has 0 fully saturated rings. The molecule has 4 rings (SSSR count). The van der Waals surface area contributed by atoms with Gasteiger partial charge in [-0.25, -0.2) is 9.78 Å². The van der Waals surface area contributed by atoms with Gasteiger partial charge in [0.05, 0.1) is 22.9 Å². The monoisotopic (exact) mass is 368 g/mol. The molecule has 1 atom stereocenters. The molecule has 1 N–H and O–H groups in total. The van der Waals surface area contributed by atoms with Gasteiger partial charge in [0.1, 0.15) is 5.75 Å². The van der Waals surface area contributed by atoms with Crippen LogP contribution in [0.15, 0.2) is 42.5 Å². The van der Waals surface area contributed by atoms with Gasteiger partial charge in [0.2, 0.25) is 0 Å². The minimum atomic E-state index is -1.28. The Morgan fingerprint density at radius 2 is 2.12 bits per heavy atom. The molecule has 1 amide bonds. The molecule has 0 spiro atoms. The lowest BCUT2D eigenvalue weighted by Crippen LogP contribution is -2.48. The van der Waals surface area contributed by atoms with Crippen LogP contribution in [-0.4, -0.2) is 29.6 Å². The summed E-state index contributed by atoms with van der Waals surface area (Å²) in [5, 5.41) is 3.23. The third-order valence-electron chi connectivity index (χ3n) is 4.38. The van der Waals surface area contributed by atoms with E-state index in [0.717, 1.165) is 21.5 Å². The fraction of sp³-hybridized carbons (Fsp3) is 0.211. The van der Waals surface area contributed by atoms with E-state index >= 15 is 0 Å². The number of fused-ring (bicyclic) bond motifs is 2. The molecular weight excluding hydrogens is 352 g/mol. The Labute approximate surface area is 153 Å². The molecule has 26 heavy (non-hydrogen) atoms. The molecule has 0 aliphatic carbocycles. The first-order valence-electron chi connectivity index (χ1n) is 8.06. The Bertz CT molecular complexity index is 1030. The van der Waals surface area contributed by atoms with Gasteiger partial charge in [0, 0.05) is 6.42 Å². The van der Waals surface area contributed by atoms with Crippen LogP contribution >= 0.6 is 11.3 Å². The van der Waals surface area contributed by atoms with Crippen molar-refractivity contribution in [3.8, 4) is 5.75 Å². The van der Waals surface area contributed by atoms with E-state index in [-0.39, 0.29) is 0 Å². The molecule has 3 aromatic rings. The van der Waals surface area contributed by atoms with Crippen LogP contribution in [-0.2, 0) is 16.0 Å². The number of esters is 1. The van der Waals surface area contributed by atoms with Crippen LogP contribution in [0.1, 0.15) is 22.8 Å². The topological polar surface area (TPSA) is 77.5 Å². The predicted molar refractivity (Wildman–Crippen MR) is 98.8 cm³/mol. The molecule has 1 aliphatic rings. The zero-order valence-corrected chi connectivity index (χ0v) is 15.1. The summed E-state index contributed by atoms with van der Waals surface area (Å²) in [7, 11) is 1.60. The number of anilines is 1. The van der Waals surface area contributed by atoms with Crippen LogP contribution in [0, 0.1) is 0 Å². The fourth-order valence-electron chi connectivity index (χ4n) is 2.97. The predicted octanol–water partition coefficient (Wildman–Crippen LogP) is 3.42. The number of carbonyl (C=O) groups excluding carboxylic acids is 2. The van der Waals surface area contributed by atoms with Gasteiger partial charge in [-0.1, -0.05) is 29.5 Å². The van der Waals surface area contributed by atoms with Gasteiger partial charge in [0.15, 0.2) is 10.7 Å². The van der Waals surface area contributed by atoms with E-state index in [9.17, 15) is 9.59 Å². The van der Waals surface area contributed by atoms with Crippen molar-refractivity contribution in [2.45, 2.75) is 18.9 Å². The molecule has 0 saturated carbocycles. The first kappa shape index (κ1) is 16.5. The van der Waals surface area contributed by atoms with Gasteiger partial charge < -0.3 is 9.47 Å². The van der Waals surface area contributed by atoms with Crippen molar-refractivity contribution in [2.75, 3.05) is 12.4 Å². The van der Waals surface area contributed by atoms with Crippen molar-refractivity contribution >= 4 is 38.6 Å². The number of carbonyl (C=O) groups is 2. The first-order chi connectivity index (χ1) is 12.5. The quantitative estimate of drug-likeness (QED) is 0.717. The largest absolute Gasteiger partial charge is 0.497 e. The molecule has 1 aliphatic heterocycles. The summed E-state index contributed by atoms with van der Waals surface area (Å²) in [4.78, 5) is 29.4. The van der Waals surface area contributed by atoms with E-state index in [1.807, 2.05) is 30.3 Å². The highest BCUT2D eigenvalue weighted by Crippen LogP contribution is 2.32. The van der Waals surface area contributed by atoms with Crippen LogP contribution in [0.2, 0.25) is 0 Å². The lowest BCUT2D eigenvalue weighted by Gasteiger charge is -2.32. The Hall–Kier alpha value is -2.93. The number of nitrogens with one attached hydrogen (secondary N) is 1. The Balaban J connectivity index is 1.59. The van der Waals surface area contributed by atoms with Crippen molar-refractivity contribution in [3.05, 3.63) is 53.6 Å². The number of thiazole rings is 1. The second-order valence-electron chi connectivity index (χ2n) is 6.26. The van der Waals surface area contributed by atoms with E-state index < -0.39 is 17.5 Å². The number of methoxy groups -OCH3 is 1. The number of benzene rings is 2. The molecule has 6 nitrogen and oxygen atoms in total. The molecule has 1 unspecified atom stereocenters. The summed E-state index contributed by atoms with van der Waals surface area (Å²) < 4.78 is 11.6. The van der Waals surface area contributed by atoms with Crippen molar-refractivity contribution in [1.82, 2.24) is 4.98 Å². The van der Waals surface area contributed by atoms with Crippen molar-refractivity contribution in [1.29, 1.82) is 0 Å². The molecule has 2 aromatic carbocycles. The van der Waals surface area contributed by atoms with Crippen LogP contribution in [0.3, 0.4) is 0 Å². The Morgan fingerprint density at radius 3 is 2.92 bits per heavy atom. The number of nitrogens with zero attached hydrogens (tertiary/aromatic N) is 1. The SMILES string of the molecule is COc1ccc2nc(NC(=O)C3(C)Cc4ccccc4C(=O)O3)sc2c1. The number of rotatable bonds is 3. The van der Waals surface area contributed by atoms with E-state index in [0.29, 0.717) is 17.1 Å². The molecule has 1 aromatic heterocycles. The normalized spacial score (nSPS) is 18.9. The van der Waals surface area contributed by atoms with Gasteiger partial charge in [0.25, 0.3) is 5.91 Å². The second-order valence-corrected chi connectivity index (χ2v) is 7.29. The standard InChI is InChI=1S/C19H16N2O4S/c1-19(10-11-5-3-4-6-13(11)16(22)25-19)17(23)21-18-20-14-8-7-12(24-2)9-15(14)26-18/h3-9H,10H2,1-2H3,(H,20,21,23). The van der Waals surface area contributed by atoms with Crippen LogP contribution in [0.4, 0.5) is 5.13 Å². The van der Waals surface area contributed by atoms with Gasteiger partial charge >= 0.3 is 5.97 Å². The second kappa shape index (κ2) is 6.10. The minimum Gasteiger partial charge on any atom is -0.497 e. The molecule has 0 saturated heterocycles. The fourth-order valence-corrected chi connectivity index (χ4v) is 3.86. The van der Waals surface area contributed by atoms with E-state index in [1.165, 1.54) is 11.3 Å². The highest BCUT2D eigenvalue weighted by molar-refractivity contribution is 7.22. The van der Waals surface area contributed by atoms with Gasteiger partial charge in [-0.15, -0.1) is 0 Å². The van der Waals surface area contributed by atoms with Crippen LogP contribution in [0.25, 0.3) is 10.2 Å². The highest BCUT2D eigenvalue weighted by atomic mass is 32.1. The number of cyclic esters (lactones) is 1. The van der Waals surface area contributed by atoms with Gasteiger partial charge in [-0.2, -0.15) is 0 Å². The molecule has 7 heteroatoms. The summed E-state index contributed by atoms with van der Waals surface area (Å²) >= 11 is 1.34. The van der Waals surface area contributed by atoms with E-state index in [1.54, 1.807) is 26.2 Å². The van der Waals surface area contributed by atoms with Crippen molar-refractivity contribution in [2.24, 2.45) is 0 Å². The number of ether oxygens (including phenoxy) is 2. The summed E-state index contributed by atoms with van der Waals surface area (Å²) in [6, 6.07) is 12.7. The maximum Gasteiger partial charge on any atom is 0.339 e. The first-order valence-corrected chi connectivity index (χ1v) is 8.87. The van der Waals surface area contributed by atoms with Gasteiger partial charge in [-0.3, -0.25) is 10.1 Å². The maximum atomic E-state index is 12.8. The molecule has 2 heterocycles. The average Bonchev–Trinajstić information content (AvgIpc) is 3.02. The van der Waals surface area contributed by atoms with Crippen molar-refractivity contribution in [3.63, 3.8) is 0 Å². The number of hydrogen-bond donors (Lipinski definition) is 1.